The van der Waals surface area contributed by atoms with Crippen LogP contribution in [0.15, 0.2) is 0 Å². The number of hydrogen-bond donors (Lipinski definition) is 1. The Morgan fingerprint density at radius 2 is 2.44 bits per heavy atom. The summed E-state index contributed by atoms with van der Waals surface area (Å²) in [6.07, 6.45) is 2.68. The summed E-state index contributed by atoms with van der Waals surface area (Å²) < 4.78 is 0. The zero-order valence-corrected chi connectivity index (χ0v) is 7.45. The maximum absolute atomic E-state index is 3.51. The predicted molar refractivity (Wildman–Crippen MR) is 44.0 cm³/mol. The smallest absolute Gasteiger partial charge is 0.00607 e. The second-order valence-electron chi connectivity index (χ2n) is 2.90. The molecule has 0 bridgehead atoms. The van der Waals surface area contributed by atoms with Gasteiger partial charge in [-0.2, -0.15) is 0 Å². The van der Waals surface area contributed by atoms with E-state index >= 15 is 0 Å². The molecule has 0 amide bonds. The van der Waals surface area contributed by atoms with Gasteiger partial charge in [-0.15, -0.1) is 0 Å². The molecular formula is C7H14BrN. The van der Waals surface area contributed by atoms with Crippen molar-refractivity contribution >= 4 is 15.9 Å². The summed E-state index contributed by atoms with van der Waals surface area (Å²) in [6, 6.07) is 0.737. The molecule has 1 rings (SSSR count). The molecule has 0 spiro atoms. The maximum atomic E-state index is 3.51. The Hall–Kier alpha value is 0.440. The van der Waals surface area contributed by atoms with Gasteiger partial charge in [0.05, 0.1) is 0 Å². The lowest BCUT2D eigenvalue weighted by atomic mass is 9.95. The molecule has 2 atom stereocenters. The second kappa shape index (κ2) is 3.57. The van der Waals surface area contributed by atoms with Crippen molar-refractivity contribution < 1.29 is 0 Å². The van der Waals surface area contributed by atoms with Crippen molar-refractivity contribution in [3.05, 3.63) is 0 Å². The van der Waals surface area contributed by atoms with Crippen LogP contribution in [0, 0.1) is 5.92 Å². The van der Waals surface area contributed by atoms with Crippen LogP contribution in [-0.2, 0) is 0 Å². The SMILES string of the molecule is C[C@@H]1C[C@H](CBr)CCN1. The third-order valence-electron chi connectivity index (χ3n) is 1.95. The fourth-order valence-electron chi connectivity index (χ4n) is 1.38. The van der Waals surface area contributed by atoms with Crippen LogP contribution in [0.25, 0.3) is 0 Å². The van der Waals surface area contributed by atoms with Gasteiger partial charge in [-0.05, 0) is 32.2 Å². The van der Waals surface area contributed by atoms with E-state index in [0.717, 1.165) is 12.0 Å². The monoisotopic (exact) mass is 191 g/mol. The number of piperidine rings is 1. The molecule has 0 saturated carbocycles. The van der Waals surface area contributed by atoms with Crippen LogP contribution < -0.4 is 5.32 Å². The van der Waals surface area contributed by atoms with Gasteiger partial charge in [0.25, 0.3) is 0 Å². The van der Waals surface area contributed by atoms with Gasteiger partial charge in [-0.25, -0.2) is 0 Å². The molecule has 1 fully saturated rings. The standard InChI is InChI=1S/C7H14BrN/c1-6-4-7(5-8)2-3-9-6/h6-7,9H,2-5H2,1H3/t6-,7-/m1/s1. The number of halogens is 1. The largest absolute Gasteiger partial charge is 0.314 e. The lowest BCUT2D eigenvalue weighted by Crippen LogP contribution is -2.36. The van der Waals surface area contributed by atoms with E-state index in [1.807, 2.05) is 0 Å². The van der Waals surface area contributed by atoms with Gasteiger partial charge in [-0.1, -0.05) is 15.9 Å². The van der Waals surface area contributed by atoms with Crippen molar-refractivity contribution in [2.24, 2.45) is 5.92 Å². The van der Waals surface area contributed by atoms with Crippen LogP contribution >= 0.6 is 15.9 Å². The Morgan fingerprint density at radius 1 is 1.67 bits per heavy atom. The minimum absolute atomic E-state index is 0.737. The summed E-state index contributed by atoms with van der Waals surface area (Å²) >= 11 is 3.51. The third-order valence-corrected chi connectivity index (χ3v) is 2.87. The highest BCUT2D eigenvalue weighted by molar-refractivity contribution is 9.09. The van der Waals surface area contributed by atoms with Crippen LogP contribution in [-0.4, -0.2) is 17.9 Å². The molecule has 1 nitrogen and oxygen atoms in total. The third kappa shape index (κ3) is 2.26. The Balaban J connectivity index is 2.23. The van der Waals surface area contributed by atoms with Crippen molar-refractivity contribution in [2.75, 3.05) is 11.9 Å². The molecule has 54 valence electrons. The number of nitrogens with one attached hydrogen (secondary N) is 1. The van der Waals surface area contributed by atoms with E-state index in [9.17, 15) is 0 Å². The minimum atomic E-state index is 0.737. The van der Waals surface area contributed by atoms with Crippen molar-refractivity contribution in [2.45, 2.75) is 25.8 Å². The Morgan fingerprint density at radius 3 is 2.89 bits per heavy atom. The quantitative estimate of drug-likeness (QED) is 0.624. The predicted octanol–water partition coefficient (Wildman–Crippen LogP) is 1.77. The number of rotatable bonds is 1. The molecule has 0 aromatic rings. The number of alkyl halides is 1. The molecule has 0 unspecified atom stereocenters. The molecule has 9 heavy (non-hydrogen) atoms. The first-order valence-electron chi connectivity index (χ1n) is 3.62. The molecule has 1 N–H and O–H groups in total. The zero-order valence-electron chi connectivity index (χ0n) is 5.86. The Bertz CT molecular complexity index is 85.0. The summed E-state index contributed by atoms with van der Waals surface area (Å²) in [5.74, 6) is 0.918. The molecule has 1 saturated heterocycles. The van der Waals surface area contributed by atoms with E-state index in [1.165, 1.54) is 24.7 Å². The summed E-state index contributed by atoms with van der Waals surface area (Å²) in [6.45, 7) is 3.46. The van der Waals surface area contributed by atoms with Crippen LogP contribution in [0.4, 0.5) is 0 Å². The maximum Gasteiger partial charge on any atom is 0.00607 e. The summed E-state index contributed by atoms with van der Waals surface area (Å²) in [7, 11) is 0. The molecule has 0 aliphatic carbocycles. The highest BCUT2D eigenvalue weighted by Gasteiger charge is 2.16. The van der Waals surface area contributed by atoms with Crippen molar-refractivity contribution in [3.8, 4) is 0 Å². The fraction of sp³-hybridized carbons (Fsp3) is 1.00. The van der Waals surface area contributed by atoms with Crippen LogP contribution in [0.2, 0.25) is 0 Å². The average Bonchev–Trinajstić information content (AvgIpc) is 1.88. The summed E-state index contributed by atoms with van der Waals surface area (Å²) in [5, 5.41) is 4.61. The van der Waals surface area contributed by atoms with Crippen LogP contribution in [0.3, 0.4) is 0 Å². The lowest BCUT2D eigenvalue weighted by Gasteiger charge is -2.26. The van der Waals surface area contributed by atoms with Crippen molar-refractivity contribution in [1.29, 1.82) is 0 Å². The Kier molecular flexibility index (Phi) is 2.99. The van der Waals surface area contributed by atoms with E-state index in [-0.39, 0.29) is 0 Å². The first-order valence-corrected chi connectivity index (χ1v) is 4.74. The van der Waals surface area contributed by atoms with Gasteiger partial charge in [-0.3, -0.25) is 0 Å². The first kappa shape index (κ1) is 7.55. The topological polar surface area (TPSA) is 12.0 Å². The summed E-state index contributed by atoms with van der Waals surface area (Å²) in [4.78, 5) is 0. The van der Waals surface area contributed by atoms with E-state index in [4.69, 9.17) is 0 Å². The average molecular weight is 192 g/mol. The van der Waals surface area contributed by atoms with Gasteiger partial charge in [0.2, 0.25) is 0 Å². The normalized spacial score (nSPS) is 36.7. The van der Waals surface area contributed by atoms with E-state index in [1.54, 1.807) is 0 Å². The molecule has 0 radical (unpaired) electrons. The van der Waals surface area contributed by atoms with Crippen molar-refractivity contribution in [1.82, 2.24) is 5.32 Å². The van der Waals surface area contributed by atoms with Gasteiger partial charge >= 0.3 is 0 Å². The second-order valence-corrected chi connectivity index (χ2v) is 3.55. The minimum Gasteiger partial charge on any atom is -0.314 e. The number of hydrogen-bond acceptors (Lipinski definition) is 1. The van der Waals surface area contributed by atoms with E-state index in [2.05, 4.69) is 28.2 Å². The van der Waals surface area contributed by atoms with Gasteiger partial charge in [0.15, 0.2) is 0 Å². The molecule has 1 heterocycles. The molecule has 1 aliphatic rings. The fourth-order valence-corrected chi connectivity index (χ4v) is 1.96. The van der Waals surface area contributed by atoms with E-state index in [0.29, 0.717) is 0 Å². The molecular weight excluding hydrogens is 178 g/mol. The van der Waals surface area contributed by atoms with Gasteiger partial charge < -0.3 is 5.32 Å². The highest BCUT2D eigenvalue weighted by Crippen LogP contribution is 2.17. The van der Waals surface area contributed by atoms with Gasteiger partial charge in [0, 0.05) is 11.4 Å². The van der Waals surface area contributed by atoms with Crippen molar-refractivity contribution in [3.63, 3.8) is 0 Å². The molecule has 0 aromatic carbocycles. The first-order chi connectivity index (χ1) is 4.33. The van der Waals surface area contributed by atoms with Gasteiger partial charge in [0.1, 0.15) is 0 Å². The lowest BCUT2D eigenvalue weighted by molar-refractivity contribution is 0.341. The molecule has 2 heteroatoms. The highest BCUT2D eigenvalue weighted by atomic mass is 79.9. The molecule has 1 aliphatic heterocycles. The Labute approximate surface area is 65.3 Å². The van der Waals surface area contributed by atoms with E-state index < -0.39 is 0 Å². The van der Waals surface area contributed by atoms with Crippen LogP contribution in [0.5, 0.6) is 0 Å². The summed E-state index contributed by atoms with van der Waals surface area (Å²) in [5.41, 5.74) is 0. The zero-order chi connectivity index (χ0) is 6.69. The van der Waals surface area contributed by atoms with Crippen LogP contribution in [0.1, 0.15) is 19.8 Å². The molecule has 0 aromatic heterocycles.